The normalized spacial score (nSPS) is 16.8. The van der Waals surface area contributed by atoms with Crippen LogP contribution in [0.3, 0.4) is 0 Å². The average molecular weight is 234 g/mol. The molecule has 0 spiro atoms. The van der Waals surface area contributed by atoms with Crippen LogP contribution >= 0.6 is 0 Å². The van der Waals surface area contributed by atoms with Gasteiger partial charge in [0.25, 0.3) is 0 Å². The summed E-state index contributed by atoms with van der Waals surface area (Å²) in [7, 11) is -2.15. The Morgan fingerprint density at radius 2 is 2.13 bits per heavy atom. The van der Waals surface area contributed by atoms with E-state index in [-0.39, 0.29) is 0 Å². The van der Waals surface area contributed by atoms with Crippen molar-refractivity contribution in [3.63, 3.8) is 0 Å². The zero-order chi connectivity index (χ0) is 11.9. The van der Waals surface area contributed by atoms with Gasteiger partial charge in [-0.2, -0.15) is 0 Å². The third kappa shape index (κ3) is 6.48. The van der Waals surface area contributed by atoms with Crippen LogP contribution in [0.4, 0.5) is 4.79 Å². The van der Waals surface area contributed by atoms with Gasteiger partial charge in [0.2, 0.25) is 0 Å². The fourth-order valence-corrected chi connectivity index (χ4v) is 4.18. The second kappa shape index (κ2) is 6.81. The predicted molar refractivity (Wildman–Crippen MR) is 61.6 cm³/mol. The summed E-state index contributed by atoms with van der Waals surface area (Å²) in [4.78, 5) is 10.6. The molecule has 0 aliphatic rings. The minimum atomic E-state index is -2.15. The average Bonchev–Trinajstić information content (AvgIpc) is 2.01. The van der Waals surface area contributed by atoms with E-state index in [1.807, 2.05) is 13.5 Å². The Hall–Kier alpha value is -0.593. The fraction of sp³-hybridized carbons (Fsp3) is 0.889. The molecule has 0 saturated carbocycles. The summed E-state index contributed by atoms with van der Waals surface area (Å²) in [5, 5.41) is 2.49. The van der Waals surface area contributed by atoms with Crippen molar-refractivity contribution in [2.75, 3.05) is 6.61 Å². The number of urea groups is 1. The monoisotopic (exact) mass is 234 g/mol. The number of nitrogens with one attached hydrogen (secondary N) is 1. The molecule has 2 atom stereocenters. The molecule has 0 aromatic heterocycles. The molecule has 90 valence electrons. The van der Waals surface area contributed by atoms with Crippen LogP contribution in [-0.4, -0.2) is 27.4 Å². The Morgan fingerprint density at radius 3 is 2.53 bits per heavy atom. The van der Waals surface area contributed by atoms with Crippen LogP contribution in [0.2, 0.25) is 12.6 Å². The molecule has 2 amide bonds. The number of hydrogen-bond donors (Lipinski definition) is 2. The maximum Gasteiger partial charge on any atom is 0.336 e. The van der Waals surface area contributed by atoms with Crippen molar-refractivity contribution >= 4 is 14.6 Å². The lowest BCUT2D eigenvalue weighted by molar-refractivity contribution is 0.114. The van der Waals surface area contributed by atoms with Crippen LogP contribution in [0.25, 0.3) is 0 Å². The summed E-state index contributed by atoms with van der Waals surface area (Å²) < 4.78 is 11.4. The number of amides is 2. The molecule has 0 radical (unpaired) electrons. The quantitative estimate of drug-likeness (QED) is 0.518. The highest BCUT2D eigenvalue weighted by Crippen LogP contribution is 2.16. The molecule has 0 heterocycles. The fourth-order valence-electron chi connectivity index (χ4n) is 1.53. The summed E-state index contributed by atoms with van der Waals surface area (Å²) >= 11 is 0. The minimum absolute atomic E-state index is 0.391. The number of carbonyl (C=O) groups is 1. The minimum Gasteiger partial charge on any atom is -0.395 e. The first kappa shape index (κ1) is 14.4. The maximum atomic E-state index is 10.6. The number of rotatable bonds is 7. The Morgan fingerprint density at radius 1 is 1.53 bits per heavy atom. The van der Waals surface area contributed by atoms with Crippen LogP contribution in [0, 0.1) is 0 Å². The maximum absolute atomic E-state index is 10.6. The first-order valence-electron chi connectivity index (χ1n) is 5.31. The second-order valence-corrected chi connectivity index (χ2v) is 6.88. The molecule has 0 rings (SSSR count). The van der Waals surface area contributed by atoms with Crippen molar-refractivity contribution < 1.29 is 13.6 Å². The van der Waals surface area contributed by atoms with E-state index in [0.29, 0.717) is 6.61 Å². The van der Waals surface area contributed by atoms with E-state index in [1.54, 1.807) is 6.92 Å². The number of nitrogens with two attached hydrogens (primary N) is 1. The Bertz CT molecular complexity index is 196. The summed E-state index contributed by atoms with van der Waals surface area (Å²) in [6.07, 6.45) is 0.615. The zero-order valence-corrected chi connectivity index (χ0v) is 11.0. The lowest BCUT2D eigenvalue weighted by Crippen LogP contribution is -2.48. The van der Waals surface area contributed by atoms with Crippen LogP contribution in [0.1, 0.15) is 27.2 Å². The lowest BCUT2D eigenvalue weighted by Gasteiger charge is -2.29. The molecule has 0 aromatic carbocycles. The van der Waals surface area contributed by atoms with Crippen molar-refractivity contribution in [1.82, 2.24) is 5.32 Å². The molecule has 0 aromatic rings. The van der Waals surface area contributed by atoms with E-state index in [9.17, 15) is 4.79 Å². The largest absolute Gasteiger partial charge is 0.395 e. The van der Waals surface area contributed by atoms with Crippen molar-refractivity contribution in [2.24, 2.45) is 5.73 Å². The van der Waals surface area contributed by atoms with Crippen molar-refractivity contribution in [1.29, 1.82) is 0 Å². The molecule has 0 aliphatic carbocycles. The molecule has 6 heteroatoms. The number of hydrogen-bond acceptors (Lipinski definition) is 3. The molecule has 0 bridgehead atoms. The SMILES string of the molecule is CCC[Si](C)(OCC)OC(C)NC(N)=O. The second-order valence-electron chi connectivity index (χ2n) is 3.59. The van der Waals surface area contributed by atoms with Gasteiger partial charge in [-0.1, -0.05) is 13.3 Å². The molecule has 0 aliphatic heterocycles. The standard InChI is InChI=1S/C9H22N2O3Si/c1-5-7-15(4,13-6-2)14-8(3)11-9(10)12/h8H,5-7H2,1-4H3,(H3,10,11,12). The Kier molecular flexibility index (Phi) is 6.54. The highest BCUT2D eigenvalue weighted by molar-refractivity contribution is 6.66. The van der Waals surface area contributed by atoms with Gasteiger partial charge in [0, 0.05) is 6.61 Å². The summed E-state index contributed by atoms with van der Waals surface area (Å²) in [5.74, 6) is 0. The van der Waals surface area contributed by atoms with E-state index in [4.69, 9.17) is 14.6 Å². The van der Waals surface area contributed by atoms with Crippen LogP contribution in [-0.2, 0) is 8.85 Å². The van der Waals surface area contributed by atoms with Gasteiger partial charge in [-0.3, -0.25) is 0 Å². The molecule has 5 nitrogen and oxygen atoms in total. The molecule has 2 unspecified atom stereocenters. The molecule has 3 N–H and O–H groups in total. The van der Waals surface area contributed by atoms with Crippen molar-refractivity contribution in [3.05, 3.63) is 0 Å². The molecular weight excluding hydrogens is 212 g/mol. The summed E-state index contributed by atoms with van der Waals surface area (Å²) in [6, 6.07) is 0.331. The van der Waals surface area contributed by atoms with Crippen LogP contribution < -0.4 is 11.1 Å². The molecule has 15 heavy (non-hydrogen) atoms. The van der Waals surface area contributed by atoms with Gasteiger partial charge in [-0.25, -0.2) is 4.79 Å². The smallest absolute Gasteiger partial charge is 0.336 e. The van der Waals surface area contributed by atoms with E-state index in [0.717, 1.165) is 12.5 Å². The lowest BCUT2D eigenvalue weighted by atomic mass is 10.6. The highest BCUT2D eigenvalue weighted by Gasteiger charge is 2.32. The van der Waals surface area contributed by atoms with Gasteiger partial charge in [-0.15, -0.1) is 0 Å². The van der Waals surface area contributed by atoms with Gasteiger partial charge < -0.3 is 19.9 Å². The Balaban J connectivity index is 4.19. The summed E-state index contributed by atoms with van der Waals surface area (Å²) in [6.45, 7) is 8.41. The molecule has 0 fully saturated rings. The van der Waals surface area contributed by atoms with Crippen LogP contribution in [0.15, 0.2) is 0 Å². The van der Waals surface area contributed by atoms with Crippen molar-refractivity contribution in [2.45, 2.75) is 46.0 Å². The van der Waals surface area contributed by atoms with E-state index < -0.39 is 20.8 Å². The molecule has 0 saturated heterocycles. The zero-order valence-electron chi connectivity index (χ0n) is 10.0. The van der Waals surface area contributed by atoms with Gasteiger partial charge in [-0.05, 0) is 26.4 Å². The first-order chi connectivity index (χ1) is 6.93. The van der Waals surface area contributed by atoms with Gasteiger partial charge in [0.05, 0.1) is 0 Å². The van der Waals surface area contributed by atoms with Crippen LogP contribution in [0.5, 0.6) is 0 Å². The van der Waals surface area contributed by atoms with Gasteiger partial charge in [0.15, 0.2) is 0 Å². The van der Waals surface area contributed by atoms with Crippen molar-refractivity contribution in [3.8, 4) is 0 Å². The topological polar surface area (TPSA) is 73.6 Å². The van der Waals surface area contributed by atoms with E-state index in [2.05, 4.69) is 12.2 Å². The Labute approximate surface area is 92.6 Å². The first-order valence-corrected chi connectivity index (χ1v) is 7.83. The summed E-state index contributed by atoms with van der Waals surface area (Å²) in [5.41, 5.74) is 5.00. The van der Waals surface area contributed by atoms with Gasteiger partial charge in [0.1, 0.15) is 6.23 Å². The van der Waals surface area contributed by atoms with E-state index >= 15 is 0 Å². The van der Waals surface area contributed by atoms with Gasteiger partial charge >= 0.3 is 14.6 Å². The third-order valence-corrected chi connectivity index (χ3v) is 5.09. The number of primary amides is 1. The molecular formula is C9H22N2O3Si. The highest BCUT2D eigenvalue weighted by atomic mass is 28.4. The van der Waals surface area contributed by atoms with E-state index in [1.165, 1.54) is 0 Å². The third-order valence-electron chi connectivity index (χ3n) is 1.93. The number of carbonyl (C=O) groups excluding carboxylic acids is 1. The predicted octanol–water partition coefficient (Wildman–Crippen LogP) is 1.54.